The lowest BCUT2D eigenvalue weighted by atomic mass is 10.1. The predicted molar refractivity (Wildman–Crippen MR) is 67.9 cm³/mol. The van der Waals surface area contributed by atoms with Crippen LogP contribution in [0, 0.1) is 0 Å². The Balaban J connectivity index is 2.20. The molecular weight excluding hydrogens is 220 g/mol. The Hall–Kier alpha value is -0.500. The van der Waals surface area contributed by atoms with Crippen molar-refractivity contribution in [2.75, 3.05) is 0 Å². The van der Waals surface area contributed by atoms with Gasteiger partial charge in [-0.05, 0) is 19.3 Å². The zero-order valence-corrected chi connectivity index (χ0v) is 10.8. The molecule has 0 atom stereocenters. The van der Waals surface area contributed by atoms with Crippen LogP contribution in [0.5, 0.6) is 0 Å². The van der Waals surface area contributed by atoms with Crippen LogP contribution in [-0.4, -0.2) is 9.78 Å². The Morgan fingerprint density at radius 1 is 1.31 bits per heavy atom. The summed E-state index contributed by atoms with van der Waals surface area (Å²) in [7, 11) is 0. The highest BCUT2D eigenvalue weighted by Crippen LogP contribution is 2.29. The van der Waals surface area contributed by atoms with Gasteiger partial charge in [0.2, 0.25) is 0 Å². The lowest BCUT2D eigenvalue weighted by Crippen LogP contribution is -2.13. The van der Waals surface area contributed by atoms with E-state index in [4.69, 9.17) is 11.6 Å². The van der Waals surface area contributed by atoms with Gasteiger partial charge in [0, 0.05) is 11.3 Å². The molecule has 0 aromatic carbocycles. The highest BCUT2D eigenvalue weighted by atomic mass is 35.5. The first kappa shape index (κ1) is 12.0. The van der Waals surface area contributed by atoms with Crippen molar-refractivity contribution in [2.45, 2.75) is 63.8 Å². The van der Waals surface area contributed by atoms with Crippen LogP contribution in [0.3, 0.4) is 0 Å². The SMILES string of the molecule is CCc1c(CCl)cnn1C1CCCCCC1. The third-order valence-electron chi connectivity index (χ3n) is 3.63. The average molecular weight is 241 g/mol. The fourth-order valence-corrected chi connectivity index (χ4v) is 2.96. The Bertz CT molecular complexity index is 325. The molecule has 0 aliphatic heterocycles. The molecule has 3 heteroatoms. The molecule has 1 aliphatic rings. The molecule has 0 radical (unpaired) electrons. The predicted octanol–water partition coefficient (Wildman–Crippen LogP) is 4.08. The van der Waals surface area contributed by atoms with Crippen LogP contribution in [0.15, 0.2) is 6.20 Å². The van der Waals surface area contributed by atoms with Gasteiger partial charge in [-0.3, -0.25) is 4.68 Å². The summed E-state index contributed by atoms with van der Waals surface area (Å²) in [5.41, 5.74) is 2.57. The van der Waals surface area contributed by atoms with E-state index < -0.39 is 0 Å². The smallest absolute Gasteiger partial charge is 0.0536 e. The maximum Gasteiger partial charge on any atom is 0.0536 e. The minimum Gasteiger partial charge on any atom is -0.266 e. The number of alkyl halides is 1. The maximum atomic E-state index is 5.94. The van der Waals surface area contributed by atoms with Gasteiger partial charge >= 0.3 is 0 Å². The second-order valence-corrected chi connectivity index (χ2v) is 4.96. The zero-order valence-electron chi connectivity index (χ0n) is 10.1. The van der Waals surface area contributed by atoms with E-state index in [1.54, 1.807) is 0 Å². The number of rotatable bonds is 3. The monoisotopic (exact) mass is 240 g/mol. The molecule has 1 aliphatic carbocycles. The first-order valence-corrected chi connectivity index (χ1v) is 7.01. The van der Waals surface area contributed by atoms with Crippen molar-refractivity contribution in [1.29, 1.82) is 0 Å². The molecule has 90 valence electrons. The maximum absolute atomic E-state index is 5.94. The van der Waals surface area contributed by atoms with E-state index in [0.29, 0.717) is 11.9 Å². The quantitative estimate of drug-likeness (QED) is 0.575. The van der Waals surface area contributed by atoms with Crippen molar-refractivity contribution in [3.05, 3.63) is 17.5 Å². The van der Waals surface area contributed by atoms with Crippen molar-refractivity contribution in [2.24, 2.45) is 0 Å². The third-order valence-corrected chi connectivity index (χ3v) is 3.92. The summed E-state index contributed by atoms with van der Waals surface area (Å²) in [6.45, 7) is 2.19. The van der Waals surface area contributed by atoms with Crippen LogP contribution in [0.25, 0.3) is 0 Å². The van der Waals surface area contributed by atoms with Crippen LogP contribution < -0.4 is 0 Å². The molecule has 16 heavy (non-hydrogen) atoms. The van der Waals surface area contributed by atoms with E-state index in [9.17, 15) is 0 Å². The standard InChI is InChI=1S/C13H21ClN2/c1-2-13-11(9-14)10-15-16(13)12-7-5-3-4-6-8-12/h10,12H,2-9H2,1H3. The van der Waals surface area contributed by atoms with Crippen LogP contribution in [0.4, 0.5) is 0 Å². The van der Waals surface area contributed by atoms with Gasteiger partial charge < -0.3 is 0 Å². The second kappa shape index (κ2) is 5.72. The second-order valence-electron chi connectivity index (χ2n) is 4.69. The highest BCUT2D eigenvalue weighted by Gasteiger charge is 2.18. The summed E-state index contributed by atoms with van der Waals surface area (Å²) in [6, 6.07) is 0.620. The minimum atomic E-state index is 0.593. The molecule has 1 saturated carbocycles. The molecule has 0 unspecified atom stereocenters. The van der Waals surface area contributed by atoms with Crippen molar-refractivity contribution < 1.29 is 0 Å². The van der Waals surface area contributed by atoms with E-state index in [-0.39, 0.29) is 0 Å². The molecule has 2 rings (SSSR count). The first-order valence-electron chi connectivity index (χ1n) is 6.48. The van der Waals surface area contributed by atoms with Crippen molar-refractivity contribution in [3.63, 3.8) is 0 Å². The van der Waals surface area contributed by atoms with Crippen LogP contribution in [0.1, 0.15) is 62.7 Å². The first-order chi connectivity index (χ1) is 7.86. The summed E-state index contributed by atoms with van der Waals surface area (Å²) < 4.78 is 2.25. The molecule has 1 aromatic heterocycles. The average Bonchev–Trinajstić information content (AvgIpc) is 2.54. The van der Waals surface area contributed by atoms with Crippen LogP contribution in [0.2, 0.25) is 0 Å². The lowest BCUT2D eigenvalue weighted by Gasteiger charge is -2.18. The van der Waals surface area contributed by atoms with Crippen LogP contribution in [-0.2, 0) is 12.3 Å². The third kappa shape index (κ3) is 2.42. The zero-order chi connectivity index (χ0) is 11.4. The van der Waals surface area contributed by atoms with Crippen molar-refractivity contribution in [3.8, 4) is 0 Å². The van der Waals surface area contributed by atoms with Gasteiger partial charge in [-0.2, -0.15) is 5.10 Å². The molecule has 0 bridgehead atoms. The van der Waals surface area contributed by atoms with Gasteiger partial charge in [-0.1, -0.05) is 32.6 Å². The lowest BCUT2D eigenvalue weighted by molar-refractivity contribution is 0.394. The summed E-state index contributed by atoms with van der Waals surface area (Å²) in [5.74, 6) is 0.593. The van der Waals surface area contributed by atoms with E-state index >= 15 is 0 Å². The largest absolute Gasteiger partial charge is 0.266 e. The Kier molecular flexibility index (Phi) is 4.28. The molecule has 0 amide bonds. The summed E-state index contributed by atoms with van der Waals surface area (Å²) >= 11 is 5.94. The highest BCUT2D eigenvalue weighted by molar-refractivity contribution is 6.17. The van der Waals surface area contributed by atoms with Gasteiger partial charge in [-0.25, -0.2) is 0 Å². The molecule has 2 nitrogen and oxygen atoms in total. The van der Waals surface area contributed by atoms with E-state index in [1.807, 2.05) is 6.20 Å². The minimum absolute atomic E-state index is 0.593. The Morgan fingerprint density at radius 2 is 2.00 bits per heavy atom. The molecule has 1 heterocycles. The Morgan fingerprint density at radius 3 is 2.56 bits per heavy atom. The Labute approximate surface area is 103 Å². The van der Waals surface area contributed by atoms with Crippen molar-refractivity contribution >= 4 is 11.6 Å². The summed E-state index contributed by atoms with van der Waals surface area (Å²) in [5, 5.41) is 4.56. The number of hydrogen-bond donors (Lipinski definition) is 0. The van der Waals surface area contributed by atoms with Gasteiger partial charge in [-0.15, -0.1) is 11.6 Å². The van der Waals surface area contributed by atoms with Gasteiger partial charge in [0.1, 0.15) is 0 Å². The molecular formula is C13H21ClN2. The van der Waals surface area contributed by atoms with Crippen molar-refractivity contribution in [1.82, 2.24) is 9.78 Å². The summed E-state index contributed by atoms with van der Waals surface area (Å²) in [4.78, 5) is 0. The molecule has 1 fully saturated rings. The topological polar surface area (TPSA) is 17.8 Å². The van der Waals surface area contributed by atoms with Crippen LogP contribution >= 0.6 is 11.6 Å². The van der Waals surface area contributed by atoms with E-state index in [1.165, 1.54) is 49.8 Å². The normalized spacial score (nSPS) is 18.6. The molecule has 0 saturated heterocycles. The molecule has 1 aromatic rings. The van der Waals surface area contributed by atoms with Gasteiger partial charge in [0.15, 0.2) is 0 Å². The number of hydrogen-bond acceptors (Lipinski definition) is 1. The molecule has 0 N–H and O–H groups in total. The number of halogens is 1. The fourth-order valence-electron chi connectivity index (χ4n) is 2.74. The van der Waals surface area contributed by atoms with E-state index in [2.05, 4.69) is 16.7 Å². The van der Waals surface area contributed by atoms with Gasteiger partial charge in [0.25, 0.3) is 0 Å². The van der Waals surface area contributed by atoms with E-state index in [0.717, 1.165) is 6.42 Å². The molecule has 0 spiro atoms. The summed E-state index contributed by atoms with van der Waals surface area (Å²) in [6.07, 6.45) is 11.1. The fraction of sp³-hybridized carbons (Fsp3) is 0.769. The number of aromatic nitrogens is 2. The van der Waals surface area contributed by atoms with Gasteiger partial charge in [0.05, 0.1) is 18.1 Å². The number of nitrogens with zero attached hydrogens (tertiary/aromatic N) is 2.